The smallest absolute Gasteiger partial charge is 0.248 e. The first-order valence-electron chi connectivity index (χ1n) is 6.58. The molecule has 0 saturated heterocycles. The molecule has 2 atom stereocenters. The topological polar surface area (TPSA) is 78.3 Å². The Hall–Kier alpha value is -1.37. The van der Waals surface area contributed by atoms with Crippen molar-refractivity contribution < 1.29 is 9.53 Å². The molecular weight excluding hydrogens is 352 g/mol. The molecule has 0 aliphatic heterocycles. The average molecular weight is 369 g/mol. The van der Waals surface area contributed by atoms with Crippen molar-refractivity contribution in [2.45, 2.75) is 25.5 Å². The number of rotatable bonds is 6. The van der Waals surface area contributed by atoms with Crippen LogP contribution in [0.2, 0.25) is 0 Å². The van der Waals surface area contributed by atoms with Gasteiger partial charge >= 0.3 is 0 Å². The van der Waals surface area contributed by atoms with Gasteiger partial charge in [-0.15, -0.1) is 11.3 Å². The molecule has 1 aromatic carbocycles. The van der Waals surface area contributed by atoms with Gasteiger partial charge in [0.05, 0.1) is 3.79 Å². The molecule has 0 aliphatic carbocycles. The van der Waals surface area contributed by atoms with E-state index in [0.29, 0.717) is 11.3 Å². The Labute approximate surface area is 136 Å². The number of amides is 1. The highest BCUT2D eigenvalue weighted by molar-refractivity contribution is 9.11. The van der Waals surface area contributed by atoms with Crippen LogP contribution in [0, 0.1) is 0 Å². The lowest BCUT2D eigenvalue weighted by atomic mass is 10.1. The van der Waals surface area contributed by atoms with Crippen molar-refractivity contribution in [2.75, 3.05) is 0 Å². The summed E-state index contributed by atoms with van der Waals surface area (Å²) in [4.78, 5) is 12.1. The summed E-state index contributed by atoms with van der Waals surface area (Å²) in [6.45, 7) is 2.03. The lowest BCUT2D eigenvalue weighted by Gasteiger charge is -2.23. The van der Waals surface area contributed by atoms with E-state index in [9.17, 15) is 4.79 Å². The van der Waals surface area contributed by atoms with Gasteiger partial charge in [-0.3, -0.25) is 4.79 Å². The minimum atomic E-state index is -0.453. The first-order chi connectivity index (χ1) is 10.0. The highest BCUT2D eigenvalue weighted by atomic mass is 79.9. The molecule has 0 radical (unpaired) electrons. The molecule has 0 aliphatic rings. The first kappa shape index (κ1) is 16.0. The number of carbonyl (C=O) groups is 1. The number of ether oxygens (including phenoxy) is 1. The molecule has 1 aromatic heterocycles. The molecule has 4 N–H and O–H groups in total. The summed E-state index contributed by atoms with van der Waals surface area (Å²) in [5, 5.41) is 0. The quantitative estimate of drug-likeness (QED) is 0.819. The summed E-state index contributed by atoms with van der Waals surface area (Å²) in [5.41, 5.74) is 11.9. The molecular formula is C15H17BrN2O2S. The van der Waals surface area contributed by atoms with E-state index < -0.39 is 5.91 Å². The lowest BCUT2D eigenvalue weighted by molar-refractivity contribution is 0.1000. The van der Waals surface area contributed by atoms with Gasteiger partial charge < -0.3 is 16.2 Å². The second-order valence-electron chi connectivity index (χ2n) is 4.64. The predicted molar refractivity (Wildman–Crippen MR) is 88.6 cm³/mol. The van der Waals surface area contributed by atoms with Gasteiger partial charge in [-0.2, -0.15) is 0 Å². The molecule has 112 valence electrons. The van der Waals surface area contributed by atoms with Crippen LogP contribution in [0.5, 0.6) is 5.75 Å². The van der Waals surface area contributed by atoms with Crippen LogP contribution in [-0.4, -0.2) is 11.9 Å². The van der Waals surface area contributed by atoms with Crippen molar-refractivity contribution >= 4 is 33.2 Å². The van der Waals surface area contributed by atoms with Crippen LogP contribution in [0.3, 0.4) is 0 Å². The minimum Gasteiger partial charge on any atom is -0.483 e. The van der Waals surface area contributed by atoms with Gasteiger partial charge in [0.1, 0.15) is 11.9 Å². The van der Waals surface area contributed by atoms with Crippen LogP contribution < -0.4 is 16.2 Å². The molecule has 6 heteroatoms. The number of halogens is 1. The third kappa shape index (κ3) is 4.06. The molecule has 2 rings (SSSR count). The fraction of sp³-hybridized carbons (Fsp3) is 0.267. The van der Waals surface area contributed by atoms with Crippen molar-refractivity contribution in [2.24, 2.45) is 11.5 Å². The van der Waals surface area contributed by atoms with Gasteiger partial charge in [0.2, 0.25) is 5.91 Å². The van der Waals surface area contributed by atoms with Crippen LogP contribution in [0.25, 0.3) is 0 Å². The molecule has 1 heterocycles. The Kier molecular flexibility index (Phi) is 5.39. The summed E-state index contributed by atoms with van der Waals surface area (Å²) in [7, 11) is 0. The van der Waals surface area contributed by atoms with E-state index in [1.54, 1.807) is 35.6 Å². The van der Waals surface area contributed by atoms with Gasteiger partial charge in [0.15, 0.2) is 0 Å². The Balaban J connectivity index is 2.20. The second kappa shape index (κ2) is 7.06. The Morgan fingerprint density at radius 2 is 1.95 bits per heavy atom. The molecule has 0 bridgehead atoms. The zero-order chi connectivity index (χ0) is 15.4. The number of benzene rings is 1. The highest BCUT2D eigenvalue weighted by Gasteiger charge is 2.22. The Morgan fingerprint density at radius 1 is 1.29 bits per heavy atom. The maximum absolute atomic E-state index is 11.1. The van der Waals surface area contributed by atoms with E-state index in [-0.39, 0.29) is 12.1 Å². The molecule has 1 amide bonds. The normalized spacial score (nSPS) is 13.7. The monoisotopic (exact) mass is 368 g/mol. The van der Waals surface area contributed by atoms with Crippen molar-refractivity contribution in [3.8, 4) is 5.75 Å². The summed E-state index contributed by atoms with van der Waals surface area (Å²) in [6, 6.07) is 10.6. The van der Waals surface area contributed by atoms with Crippen LogP contribution in [0.4, 0.5) is 0 Å². The lowest BCUT2D eigenvalue weighted by Crippen LogP contribution is -2.30. The van der Waals surface area contributed by atoms with Crippen molar-refractivity contribution in [3.63, 3.8) is 0 Å². The molecule has 2 unspecified atom stereocenters. The molecule has 2 aromatic rings. The third-order valence-corrected chi connectivity index (χ3v) is 4.82. The van der Waals surface area contributed by atoms with Gasteiger partial charge in [0, 0.05) is 16.5 Å². The van der Waals surface area contributed by atoms with Crippen molar-refractivity contribution in [1.29, 1.82) is 0 Å². The minimum absolute atomic E-state index is 0.105. The van der Waals surface area contributed by atoms with E-state index in [2.05, 4.69) is 15.9 Å². The molecule has 0 spiro atoms. The van der Waals surface area contributed by atoms with Gasteiger partial charge in [-0.05, 0) is 58.7 Å². The standard InChI is InChI=1S/C15H17BrN2O2S/c1-2-11(17)14(12-7-8-13(16)21-12)20-10-5-3-9(4-6-10)15(18)19/h3-8,11,14H,2,17H2,1H3,(H2,18,19). The first-order valence-corrected chi connectivity index (χ1v) is 8.19. The Morgan fingerprint density at radius 3 is 2.43 bits per heavy atom. The van der Waals surface area contributed by atoms with Crippen molar-refractivity contribution in [3.05, 3.63) is 50.6 Å². The van der Waals surface area contributed by atoms with E-state index in [4.69, 9.17) is 16.2 Å². The van der Waals surface area contributed by atoms with Crippen LogP contribution >= 0.6 is 27.3 Å². The second-order valence-corrected chi connectivity index (χ2v) is 7.14. The number of hydrogen-bond donors (Lipinski definition) is 2. The number of primary amides is 1. The van der Waals surface area contributed by atoms with Gasteiger partial charge in [-0.1, -0.05) is 6.92 Å². The summed E-state index contributed by atoms with van der Waals surface area (Å²) in [5.74, 6) is 0.212. The zero-order valence-corrected chi connectivity index (χ0v) is 14.0. The van der Waals surface area contributed by atoms with Gasteiger partial charge in [-0.25, -0.2) is 0 Å². The van der Waals surface area contributed by atoms with E-state index in [1.807, 2.05) is 19.1 Å². The van der Waals surface area contributed by atoms with Gasteiger partial charge in [0.25, 0.3) is 0 Å². The number of carbonyl (C=O) groups excluding carboxylic acids is 1. The maximum Gasteiger partial charge on any atom is 0.248 e. The fourth-order valence-electron chi connectivity index (χ4n) is 1.90. The summed E-state index contributed by atoms with van der Waals surface area (Å²) >= 11 is 5.06. The summed E-state index contributed by atoms with van der Waals surface area (Å²) < 4.78 is 7.05. The Bertz CT molecular complexity index is 612. The highest BCUT2D eigenvalue weighted by Crippen LogP contribution is 2.32. The number of nitrogens with two attached hydrogens (primary N) is 2. The largest absolute Gasteiger partial charge is 0.483 e. The number of hydrogen-bond acceptors (Lipinski definition) is 4. The molecule has 0 saturated carbocycles. The van der Waals surface area contributed by atoms with Crippen LogP contribution in [0.15, 0.2) is 40.2 Å². The van der Waals surface area contributed by atoms with Crippen LogP contribution in [0.1, 0.15) is 34.7 Å². The average Bonchev–Trinajstić information content (AvgIpc) is 2.90. The zero-order valence-electron chi connectivity index (χ0n) is 11.6. The maximum atomic E-state index is 11.1. The molecule has 4 nitrogen and oxygen atoms in total. The molecule has 21 heavy (non-hydrogen) atoms. The van der Waals surface area contributed by atoms with Crippen LogP contribution in [-0.2, 0) is 0 Å². The number of thiophene rings is 1. The van der Waals surface area contributed by atoms with Crippen molar-refractivity contribution in [1.82, 2.24) is 0 Å². The van der Waals surface area contributed by atoms with E-state index >= 15 is 0 Å². The molecule has 0 fully saturated rings. The predicted octanol–water partition coefficient (Wildman–Crippen LogP) is 3.47. The SMILES string of the molecule is CCC(N)C(Oc1ccc(C(N)=O)cc1)c1ccc(Br)s1. The summed E-state index contributed by atoms with van der Waals surface area (Å²) in [6.07, 6.45) is 0.588. The van der Waals surface area contributed by atoms with E-state index in [1.165, 1.54) is 0 Å². The third-order valence-electron chi connectivity index (χ3n) is 3.14. The van der Waals surface area contributed by atoms with E-state index in [0.717, 1.165) is 15.1 Å². The fourth-order valence-corrected chi connectivity index (χ4v) is 3.43.